The van der Waals surface area contributed by atoms with E-state index in [0.29, 0.717) is 11.7 Å². The van der Waals surface area contributed by atoms with Gasteiger partial charge in [0.25, 0.3) is 5.56 Å². The SMILES string of the molecule is CC(CNc1nccn(C)c1=O)CN1CCCC1. The average molecular weight is 250 g/mol. The van der Waals surface area contributed by atoms with Crippen LogP contribution >= 0.6 is 0 Å². The summed E-state index contributed by atoms with van der Waals surface area (Å²) in [6.07, 6.45) is 5.96. The fraction of sp³-hybridized carbons (Fsp3) is 0.692. The molecule has 0 bridgehead atoms. The number of aryl methyl sites for hydroxylation is 1. The molecular formula is C13H22N4O. The van der Waals surface area contributed by atoms with E-state index in [1.54, 1.807) is 24.0 Å². The second-order valence-electron chi connectivity index (χ2n) is 5.19. The van der Waals surface area contributed by atoms with Crippen molar-refractivity contribution in [3.63, 3.8) is 0 Å². The Labute approximate surface area is 108 Å². The Balaban J connectivity index is 1.83. The second kappa shape index (κ2) is 6.00. The first-order chi connectivity index (χ1) is 8.66. The molecule has 2 heterocycles. The monoisotopic (exact) mass is 250 g/mol. The van der Waals surface area contributed by atoms with Crippen molar-refractivity contribution in [1.29, 1.82) is 0 Å². The van der Waals surface area contributed by atoms with Gasteiger partial charge in [-0.15, -0.1) is 0 Å². The van der Waals surface area contributed by atoms with Crippen molar-refractivity contribution in [2.75, 3.05) is 31.5 Å². The first-order valence-corrected chi connectivity index (χ1v) is 6.64. The molecule has 1 atom stereocenters. The minimum Gasteiger partial charge on any atom is -0.365 e. The van der Waals surface area contributed by atoms with E-state index in [1.165, 1.54) is 25.9 Å². The fourth-order valence-corrected chi connectivity index (χ4v) is 2.36. The van der Waals surface area contributed by atoms with Gasteiger partial charge < -0.3 is 14.8 Å². The number of anilines is 1. The van der Waals surface area contributed by atoms with Gasteiger partial charge in [-0.05, 0) is 31.8 Å². The highest BCUT2D eigenvalue weighted by Gasteiger charge is 2.14. The quantitative estimate of drug-likeness (QED) is 0.844. The number of nitrogens with zero attached hydrogens (tertiary/aromatic N) is 3. The van der Waals surface area contributed by atoms with Crippen LogP contribution in [0, 0.1) is 5.92 Å². The highest BCUT2D eigenvalue weighted by Crippen LogP contribution is 2.10. The molecule has 1 N–H and O–H groups in total. The minimum absolute atomic E-state index is 0.0640. The number of likely N-dealkylation sites (tertiary alicyclic amines) is 1. The standard InChI is InChI=1S/C13H22N4O/c1-11(10-17-6-3-4-7-17)9-15-12-13(18)16(2)8-5-14-12/h5,8,11H,3-4,6-7,9-10H2,1-2H3,(H,14,15). The van der Waals surface area contributed by atoms with E-state index in [9.17, 15) is 4.79 Å². The smallest absolute Gasteiger partial charge is 0.293 e. The van der Waals surface area contributed by atoms with Crippen molar-refractivity contribution < 1.29 is 0 Å². The van der Waals surface area contributed by atoms with Gasteiger partial charge in [0.1, 0.15) is 0 Å². The largest absolute Gasteiger partial charge is 0.365 e. The normalized spacial score (nSPS) is 17.9. The molecule has 1 fully saturated rings. The third-order valence-electron chi connectivity index (χ3n) is 3.40. The number of hydrogen-bond acceptors (Lipinski definition) is 4. The van der Waals surface area contributed by atoms with Gasteiger partial charge in [-0.1, -0.05) is 6.92 Å². The van der Waals surface area contributed by atoms with E-state index in [2.05, 4.69) is 22.1 Å². The lowest BCUT2D eigenvalue weighted by Crippen LogP contribution is -2.30. The van der Waals surface area contributed by atoms with Gasteiger partial charge in [-0.3, -0.25) is 4.79 Å². The van der Waals surface area contributed by atoms with Crippen molar-refractivity contribution in [3.05, 3.63) is 22.7 Å². The zero-order valence-electron chi connectivity index (χ0n) is 11.2. The van der Waals surface area contributed by atoms with Crippen LogP contribution in [0.1, 0.15) is 19.8 Å². The predicted octanol–water partition coefficient (Wildman–Crippen LogP) is 0.924. The summed E-state index contributed by atoms with van der Waals surface area (Å²) in [5.41, 5.74) is -0.0640. The summed E-state index contributed by atoms with van der Waals surface area (Å²) in [7, 11) is 1.74. The van der Waals surface area contributed by atoms with Gasteiger partial charge in [-0.2, -0.15) is 0 Å². The molecule has 0 aromatic carbocycles. The molecule has 18 heavy (non-hydrogen) atoms. The fourth-order valence-electron chi connectivity index (χ4n) is 2.36. The molecular weight excluding hydrogens is 228 g/mol. The molecule has 0 spiro atoms. The third kappa shape index (κ3) is 3.32. The van der Waals surface area contributed by atoms with Crippen LogP contribution in [0.25, 0.3) is 0 Å². The van der Waals surface area contributed by atoms with Crippen LogP contribution in [-0.4, -0.2) is 40.6 Å². The molecule has 0 aliphatic carbocycles. The lowest BCUT2D eigenvalue weighted by Gasteiger charge is -2.20. The van der Waals surface area contributed by atoms with Crippen molar-refractivity contribution in [2.45, 2.75) is 19.8 Å². The molecule has 5 heteroatoms. The summed E-state index contributed by atoms with van der Waals surface area (Å²) in [6.45, 7) is 6.53. The molecule has 1 aromatic heterocycles. The van der Waals surface area contributed by atoms with Crippen molar-refractivity contribution >= 4 is 5.82 Å². The van der Waals surface area contributed by atoms with Crippen LogP contribution in [0.15, 0.2) is 17.2 Å². The van der Waals surface area contributed by atoms with Gasteiger partial charge in [0, 0.05) is 32.5 Å². The zero-order chi connectivity index (χ0) is 13.0. The Morgan fingerprint density at radius 3 is 2.89 bits per heavy atom. The molecule has 0 saturated carbocycles. The van der Waals surface area contributed by atoms with Crippen LogP contribution in [0.3, 0.4) is 0 Å². The highest BCUT2D eigenvalue weighted by atomic mass is 16.1. The van der Waals surface area contributed by atoms with E-state index in [1.807, 2.05) is 0 Å². The maximum atomic E-state index is 11.8. The summed E-state index contributed by atoms with van der Waals surface area (Å²) >= 11 is 0. The van der Waals surface area contributed by atoms with Crippen LogP contribution < -0.4 is 10.9 Å². The van der Waals surface area contributed by atoms with Gasteiger partial charge in [0.05, 0.1) is 0 Å². The maximum absolute atomic E-state index is 11.8. The number of rotatable bonds is 5. The van der Waals surface area contributed by atoms with Gasteiger partial charge in [-0.25, -0.2) is 4.98 Å². The van der Waals surface area contributed by atoms with Crippen molar-refractivity contribution in [2.24, 2.45) is 13.0 Å². The van der Waals surface area contributed by atoms with E-state index in [-0.39, 0.29) is 5.56 Å². The van der Waals surface area contributed by atoms with Crippen molar-refractivity contribution in [1.82, 2.24) is 14.5 Å². The molecule has 5 nitrogen and oxygen atoms in total. The average Bonchev–Trinajstić information content (AvgIpc) is 2.84. The van der Waals surface area contributed by atoms with E-state index >= 15 is 0 Å². The zero-order valence-corrected chi connectivity index (χ0v) is 11.2. The number of nitrogens with one attached hydrogen (secondary N) is 1. The van der Waals surface area contributed by atoms with Crippen LogP contribution in [0.5, 0.6) is 0 Å². The second-order valence-corrected chi connectivity index (χ2v) is 5.19. The lowest BCUT2D eigenvalue weighted by molar-refractivity contribution is 0.294. The van der Waals surface area contributed by atoms with Crippen molar-refractivity contribution in [3.8, 4) is 0 Å². The van der Waals surface area contributed by atoms with Crippen LogP contribution in [-0.2, 0) is 7.05 Å². The summed E-state index contributed by atoms with van der Waals surface area (Å²) < 4.78 is 1.54. The van der Waals surface area contributed by atoms with Gasteiger partial charge in [0.15, 0.2) is 5.82 Å². The molecule has 1 unspecified atom stereocenters. The Morgan fingerprint density at radius 1 is 1.44 bits per heavy atom. The Kier molecular flexibility index (Phi) is 4.36. The summed E-state index contributed by atoms with van der Waals surface area (Å²) in [5.74, 6) is 0.975. The molecule has 0 radical (unpaired) electrons. The van der Waals surface area contributed by atoms with Crippen LogP contribution in [0.2, 0.25) is 0 Å². The Hall–Kier alpha value is -1.36. The molecule has 1 aliphatic heterocycles. The topological polar surface area (TPSA) is 50.2 Å². The maximum Gasteiger partial charge on any atom is 0.293 e. The summed E-state index contributed by atoms with van der Waals surface area (Å²) in [4.78, 5) is 18.3. The summed E-state index contributed by atoms with van der Waals surface area (Å²) in [5, 5.41) is 3.16. The Morgan fingerprint density at radius 2 is 2.17 bits per heavy atom. The molecule has 100 valence electrons. The molecule has 1 aromatic rings. The lowest BCUT2D eigenvalue weighted by atomic mass is 10.1. The van der Waals surface area contributed by atoms with E-state index in [0.717, 1.165) is 13.1 Å². The van der Waals surface area contributed by atoms with Gasteiger partial charge >= 0.3 is 0 Å². The molecule has 1 saturated heterocycles. The predicted molar refractivity (Wildman–Crippen MR) is 72.8 cm³/mol. The van der Waals surface area contributed by atoms with Crippen LogP contribution in [0.4, 0.5) is 5.82 Å². The molecule has 2 rings (SSSR count). The minimum atomic E-state index is -0.0640. The third-order valence-corrected chi connectivity index (χ3v) is 3.40. The Bertz CT molecular complexity index is 437. The molecule has 1 aliphatic rings. The highest BCUT2D eigenvalue weighted by molar-refractivity contribution is 5.30. The van der Waals surface area contributed by atoms with Gasteiger partial charge in [0.2, 0.25) is 0 Å². The summed E-state index contributed by atoms with van der Waals surface area (Å²) in [6, 6.07) is 0. The molecule has 0 amide bonds. The first kappa shape index (κ1) is 13.1. The first-order valence-electron chi connectivity index (χ1n) is 6.64. The number of aromatic nitrogens is 2. The number of hydrogen-bond donors (Lipinski definition) is 1. The van der Waals surface area contributed by atoms with E-state index < -0.39 is 0 Å². The van der Waals surface area contributed by atoms with E-state index in [4.69, 9.17) is 0 Å².